The van der Waals surface area contributed by atoms with E-state index in [1.807, 2.05) is 23.4 Å². The molecule has 4 saturated carbocycles. The maximum atomic E-state index is 14.5. The summed E-state index contributed by atoms with van der Waals surface area (Å²) in [5.74, 6) is 1.16. The first-order chi connectivity index (χ1) is 24.1. The van der Waals surface area contributed by atoms with Gasteiger partial charge in [0.2, 0.25) is 5.78 Å². The van der Waals surface area contributed by atoms with E-state index >= 15 is 0 Å². The monoisotopic (exact) mass is 702 g/mol. The summed E-state index contributed by atoms with van der Waals surface area (Å²) in [6.45, 7) is 8.32. The molecule has 1 aromatic heterocycles. The normalized spacial score (nSPS) is 37.6. The second-order valence-corrected chi connectivity index (χ2v) is 17.9. The van der Waals surface area contributed by atoms with Crippen molar-refractivity contribution in [3.05, 3.63) is 47.3 Å². The van der Waals surface area contributed by atoms with Crippen LogP contribution < -0.4 is 0 Å². The summed E-state index contributed by atoms with van der Waals surface area (Å²) in [5, 5.41) is 17.4. The number of carbonyl (C=O) groups excluding carboxylic acids is 2. The molecule has 270 valence electrons. The molecule has 9 atom stereocenters. The number of ether oxygens (including phenoxy) is 3. The molecule has 0 bridgehead atoms. The van der Waals surface area contributed by atoms with E-state index in [1.165, 1.54) is 22.5 Å². The third-order valence-corrected chi connectivity index (χ3v) is 14.7. The Morgan fingerprint density at radius 1 is 1.10 bits per heavy atom. The lowest BCUT2D eigenvalue weighted by Gasteiger charge is -2.60. The van der Waals surface area contributed by atoms with Crippen LogP contribution in [0.1, 0.15) is 110 Å². The molecule has 8 nitrogen and oxygen atoms in total. The highest BCUT2D eigenvalue weighted by Gasteiger charge is 2.76. The highest BCUT2D eigenvalue weighted by atomic mass is 32.2. The number of aromatic nitrogens is 2. The summed E-state index contributed by atoms with van der Waals surface area (Å²) >= 11 is 1.84. The number of Topliss-reactive ketones (excluding diaryl/α,β-unsaturated/α-hetero) is 1. The summed E-state index contributed by atoms with van der Waals surface area (Å²) < 4.78 is 21.4. The van der Waals surface area contributed by atoms with Crippen LogP contribution in [-0.4, -0.2) is 63.1 Å². The van der Waals surface area contributed by atoms with Gasteiger partial charge in [0.15, 0.2) is 18.5 Å². The minimum atomic E-state index is -1.23. The Morgan fingerprint density at radius 3 is 2.62 bits per heavy atom. The number of fused-ring (bicyclic) bond motifs is 8. The topological polar surface area (TPSA) is 99.9 Å². The van der Waals surface area contributed by atoms with Crippen molar-refractivity contribution in [2.24, 2.45) is 34.5 Å². The van der Waals surface area contributed by atoms with E-state index in [-0.39, 0.29) is 53.9 Å². The Morgan fingerprint density at radius 2 is 1.88 bits per heavy atom. The lowest BCUT2D eigenvalue weighted by molar-refractivity contribution is -0.212. The van der Waals surface area contributed by atoms with E-state index < -0.39 is 29.5 Å². The number of ketones is 1. The predicted molar refractivity (Wildman–Crippen MR) is 193 cm³/mol. The second-order valence-electron chi connectivity index (χ2n) is 16.5. The van der Waals surface area contributed by atoms with Crippen molar-refractivity contribution >= 4 is 29.6 Å². The van der Waals surface area contributed by atoms with Gasteiger partial charge in [0.1, 0.15) is 0 Å². The van der Waals surface area contributed by atoms with Crippen LogP contribution in [0.5, 0.6) is 0 Å². The average Bonchev–Trinajstić information content (AvgIpc) is 3.76. The molecule has 5 fully saturated rings. The number of carbonyl (C=O) groups is 2. The quantitative estimate of drug-likeness (QED) is 0.210. The van der Waals surface area contributed by atoms with Crippen molar-refractivity contribution in [1.29, 1.82) is 0 Å². The van der Waals surface area contributed by atoms with Crippen LogP contribution in [0.15, 0.2) is 40.9 Å². The Kier molecular flexibility index (Phi) is 9.13. The minimum absolute atomic E-state index is 0.0462. The van der Waals surface area contributed by atoms with Crippen molar-refractivity contribution in [3.8, 4) is 5.69 Å². The standard InChI is InChI=1S/C41H54N2O6S/c1-5-10-36(46)47-24-34(45)41-35(48-38(49-41)25-11-8-7-9-12-25)20-31-30-18-13-27-19-32-26(21-39(27,3)37(30)33(44)22-40(31,41)4)23-43(42-32)28-14-16-29(17-15-28)50-6-2/h14-17,19,23,25,30-31,33,35,37-38,44H,5-13,18,20-22,24H2,1-4H3/t30-,31-,33-,35+,37+,38?,39-,40-,41+/m0/s1. The van der Waals surface area contributed by atoms with E-state index in [4.69, 9.17) is 19.3 Å². The molecular formula is C41H54N2O6S. The number of benzene rings is 1. The van der Waals surface area contributed by atoms with Gasteiger partial charge in [0.05, 0.1) is 23.6 Å². The zero-order valence-electron chi connectivity index (χ0n) is 30.2. The van der Waals surface area contributed by atoms with E-state index in [0.717, 1.165) is 68.5 Å². The molecular weight excluding hydrogens is 649 g/mol. The first kappa shape index (κ1) is 34.6. The number of nitrogens with zero attached hydrogens (tertiary/aromatic N) is 2. The molecule has 1 unspecified atom stereocenters. The third-order valence-electron chi connectivity index (χ3n) is 13.8. The van der Waals surface area contributed by atoms with Crippen LogP contribution in [-0.2, 0) is 30.2 Å². The molecule has 0 radical (unpaired) electrons. The third kappa shape index (κ3) is 5.38. The van der Waals surface area contributed by atoms with E-state index in [2.05, 4.69) is 57.3 Å². The van der Waals surface area contributed by atoms with E-state index in [1.54, 1.807) is 0 Å². The molecule has 6 aliphatic rings. The van der Waals surface area contributed by atoms with Crippen molar-refractivity contribution < 1.29 is 28.9 Å². The van der Waals surface area contributed by atoms with Gasteiger partial charge in [0, 0.05) is 28.8 Å². The molecule has 1 aliphatic heterocycles. The molecule has 1 N–H and O–H groups in total. The lowest BCUT2D eigenvalue weighted by Crippen LogP contribution is -2.64. The van der Waals surface area contributed by atoms with Crippen molar-refractivity contribution in [1.82, 2.24) is 9.78 Å². The number of aliphatic hydroxyl groups excluding tert-OH is 1. The number of aliphatic hydroxyl groups is 1. The van der Waals surface area contributed by atoms with Gasteiger partial charge in [-0.05, 0) is 116 Å². The zero-order chi connectivity index (χ0) is 34.8. The summed E-state index contributed by atoms with van der Waals surface area (Å²) in [5.41, 5.74) is 2.59. The van der Waals surface area contributed by atoms with E-state index in [9.17, 15) is 14.7 Å². The van der Waals surface area contributed by atoms with Crippen LogP contribution >= 0.6 is 11.8 Å². The molecule has 9 heteroatoms. The number of allylic oxidation sites excluding steroid dienone is 1. The predicted octanol–water partition coefficient (Wildman–Crippen LogP) is 7.72. The van der Waals surface area contributed by atoms with Crippen LogP contribution in [0.2, 0.25) is 0 Å². The van der Waals surface area contributed by atoms with Crippen molar-refractivity contribution in [2.45, 2.75) is 134 Å². The average molecular weight is 703 g/mol. The number of hydrogen-bond acceptors (Lipinski definition) is 8. The van der Waals surface area contributed by atoms with Crippen LogP contribution in [0.25, 0.3) is 11.8 Å². The number of rotatable bonds is 9. The molecule has 2 aromatic rings. The minimum Gasteiger partial charge on any atom is -0.458 e. The van der Waals surface area contributed by atoms with Gasteiger partial charge in [-0.2, -0.15) is 5.10 Å². The van der Waals surface area contributed by atoms with Crippen LogP contribution in [0.4, 0.5) is 0 Å². The SMILES string of the molecule is CCCC(=O)OCC(=O)[C@@]12OC(C3CCCCC3)O[C@@H]1C[C@H]1[C@@H]3CCC4=Cc5nn(-c6ccc(SCC)cc6)cc5C[C@]4(C)[C@H]3[C@@H](O)C[C@@]12C. The summed E-state index contributed by atoms with van der Waals surface area (Å²) in [6, 6.07) is 8.61. The molecule has 5 aliphatic carbocycles. The van der Waals surface area contributed by atoms with Gasteiger partial charge in [-0.1, -0.05) is 52.5 Å². The van der Waals surface area contributed by atoms with Gasteiger partial charge < -0.3 is 19.3 Å². The fourth-order valence-electron chi connectivity index (χ4n) is 11.6. The summed E-state index contributed by atoms with van der Waals surface area (Å²) in [7, 11) is 0. The second kappa shape index (κ2) is 13.2. The number of hydrogen-bond donors (Lipinski definition) is 1. The molecule has 50 heavy (non-hydrogen) atoms. The first-order valence-electron chi connectivity index (χ1n) is 19.3. The molecule has 8 rings (SSSR count). The maximum Gasteiger partial charge on any atom is 0.306 e. The smallest absolute Gasteiger partial charge is 0.306 e. The fourth-order valence-corrected chi connectivity index (χ4v) is 12.3. The molecule has 2 heterocycles. The number of thioether (sulfide) groups is 1. The van der Waals surface area contributed by atoms with E-state index in [0.29, 0.717) is 12.8 Å². The highest BCUT2D eigenvalue weighted by Crippen LogP contribution is 2.70. The Balaban J connectivity index is 1.09. The fraction of sp³-hybridized carbons (Fsp3) is 0.683. The molecule has 0 amide bonds. The maximum absolute atomic E-state index is 14.5. The van der Waals surface area contributed by atoms with Crippen molar-refractivity contribution in [3.63, 3.8) is 0 Å². The summed E-state index contributed by atoms with van der Waals surface area (Å²) in [4.78, 5) is 28.2. The Bertz CT molecular complexity index is 1650. The lowest BCUT2D eigenvalue weighted by atomic mass is 9.45. The van der Waals surface area contributed by atoms with Gasteiger partial charge >= 0.3 is 5.97 Å². The van der Waals surface area contributed by atoms with Crippen molar-refractivity contribution in [2.75, 3.05) is 12.4 Å². The van der Waals surface area contributed by atoms with Gasteiger partial charge in [-0.25, -0.2) is 4.68 Å². The zero-order valence-corrected chi connectivity index (χ0v) is 31.0. The molecule has 1 saturated heterocycles. The molecule has 1 aromatic carbocycles. The summed E-state index contributed by atoms with van der Waals surface area (Å²) in [6.07, 6.45) is 13.5. The van der Waals surface area contributed by atoms with Gasteiger partial charge in [-0.15, -0.1) is 11.8 Å². The largest absolute Gasteiger partial charge is 0.458 e. The highest BCUT2D eigenvalue weighted by molar-refractivity contribution is 7.99. The Hall–Kier alpha value is -2.46. The number of esters is 1. The van der Waals surface area contributed by atoms with Gasteiger partial charge in [0.25, 0.3) is 0 Å². The first-order valence-corrected chi connectivity index (χ1v) is 20.3. The van der Waals surface area contributed by atoms with Gasteiger partial charge in [-0.3, -0.25) is 9.59 Å². The Labute approximate surface area is 301 Å². The van der Waals surface area contributed by atoms with Crippen LogP contribution in [0, 0.1) is 34.5 Å². The van der Waals surface area contributed by atoms with Crippen LogP contribution in [0.3, 0.4) is 0 Å². The molecule has 0 spiro atoms.